The lowest BCUT2D eigenvalue weighted by Crippen LogP contribution is -2.32. The molecule has 0 bridgehead atoms. The van der Waals surface area contributed by atoms with Crippen molar-refractivity contribution in [3.8, 4) is 5.69 Å². The highest BCUT2D eigenvalue weighted by Crippen LogP contribution is 2.19. The predicted octanol–water partition coefficient (Wildman–Crippen LogP) is 3.36. The van der Waals surface area contributed by atoms with Crippen molar-refractivity contribution in [2.24, 2.45) is 0 Å². The lowest BCUT2D eigenvalue weighted by molar-refractivity contribution is 0.0523. The largest absolute Gasteiger partial charge is 0.444 e. The molecule has 3 aromatic rings. The summed E-state index contributed by atoms with van der Waals surface area (Å²) in [6.45, 7) is 5.57. The normalized spacial score (nSPS) is 11.4. The number of amides is 1. The number of hydrogen-bond donors (Lipinski definition) is 2. The first-order chi connectivity index (χ1) is 13.1. The number of nitrogens with one attached hydrogen (secondary N) is 2. The molecule has 0 saturated heterocycles. The number of fused-ring (bicyclic) bond motifs is 1. The van der Waals surface area contributed by atoms with Gasteiger partial charge >= 0.3 is 11.8 Å². The molecule has 0 unspecified atom stereocenters. The molecule has 28 heavy (non-hydrogen) atoms. The minimum absolute atomic E-state index is 0.222. The third kappa shape index (κ3) is 4.43. The van der Waals surface area contributed by atoms with E-state index in [1.807, 2.05) is 6.07 Å². The van der Waals surface area contributed by atoms with Crippen molar-refractivity contribution in [1.29, 1.82) is 0 Å². The van der Waals surface area contributed by atoms with Crippen LogP contribution in [0.2, 0.25) is 5.02 Å². The van der Waals surface area contributed by atoms with Gasteiger partial charge in [-0.3, -0.25) is 14.3 Å². The van der Waals surface area contributed by atoms with Crippen molar-refractivity contribution < 1.29 is 9.53 Å². The number of carbonyl (C=O) groups excluding carboxylic acids is 1. The topological polar surface area (TPSA) is 93.2 Å². The van der Waals surface area contributed by atoms with E-state index in [9.17, 15) is 14.4 Å². The van der Waals surface area contributed by atoms with E-state index in [2.05, 4.69) is 10.3 Å². The maximum absolute atomic E-state index is 12.5. The molecule has 2 aromatic carbocycles. The third-order valence-electron chi connectivity index (χ3n) is 3.87. The average Bonchev–Trinajstić information content (AvgIpc) is 2.58. The number of nitrogens with zero attached hydrogens (tertiary/aromatic N) is 1. The third-order valence-corrected chi connectivity index (χ3v) is 4.11. The number of aromatic amines is 1. The first-order valence-electron chi connectivity index (χ1n) is 8.65. The summed E-state index contributed by atoms with van der Waals surface area (Å²) in [4.78, 5) is 38.7. The van der Waals surface area contributed by atoms with Gasteiger partial charge in [-0.05, 0) is 56.7 Å². The highest BCUT2D eigenvalue weighted by atomic mass is 35.5. The zero-order valence-electron chi connectivity index (χ0n) is 15.7. The van der Waals surface area contributed by atoms with Crippen molar-refractivity contribution in [3.05, 3.63) is 73.9 Å². The van der Waals surface area contributed by atoms with Gasteiger partial charge in [-0.1, -0.05) is 23.7 Å². The molecule has 0 aliphatic carbocycles. The number of hydrogen-bond acceptors (Lipinski definition) is 4. The molecule has 0 radical (unpaired) electrons. The number of halogens is 1. The molecule has 146 valence electrons. The molecule has 0 saturated carbocycles. The second kappa shape index (κ2) is 7.52. The Kier molecular flexibility index (Phi) is 5.29. The van der Waals surface area contributed by atoms with E-state index in [-0.39, 0.29) is 6.54 Å². The van der Waals surface area contributed by atoms with Gasteiger partial charge in [0.2, 0.25) is 0 Å². The summed E-state index contributed by atoms with van der Waals surface area (Å²) in [6.07, 6.45) is -0.531. The van der Waals surface area contributed by atoms with Gasteiger partial charge in [-0.25, -0.2) is 9.59 Å². The Labute approximate surface area is 165 Å². The van der Waals surface area contributed by atoms with Crippen LogP contribution in [0.25, 0.3) is 16.6 Å². The summed E-state index contributed by atoms with van der Waals surface area (Å²) in [6, 6.07) is 11.8. The lowest BCUT2D eigenvalue weighted by Gasteiger charge is -2.19. The summed E-state index contributed by atoms with van der Waals surface area (Å²) in [5.41, 5.74) is 0.0627. The minimum Gasteiger partial charge on any atom is -0.444 e. The highest BCUT2D eigenvalue weighted by molar-refractivity contribution is 6.31. The standard InChI is InChI=1S/C20H20ClN3O4/c1-20(2,3)28-19(27)22-11-12-5-4-6-14(9-12)24-16-10-13(21)7-8-15(16)17(25)23-18(24)26/h4-10H,11H2,1-3H3,(H,22,27)(H,23,25,26). The molecule has 1 heterocycles. The maximum atomic E-state index is 12.5. The van der Waals surface area contributed by atoms with Crippen LogP contribution >= 0.6 is 11.6 Å². The van der Waals surface area contributed by atoms with Gasteiger partial charge in [0.25, 0.3) is 5.56 Å². The van der Waals surface area contributed by atoms with Gasteiger partial charge in [0.1, 0.15) is 5.60 Å². The van der Waals surface area contributed by atoms with E-state index >= 15 is 0 Å². The SMILES string of the molecule is CC(C)(C)OC(=O)NCc1cccc(-n2c(=O)[nH]c(=O)c3ccc(Cl)cc32)c1. The van der Waals surface area contributed by atoms with E-state index in [0.717, 1.165) is 5.56 Å². The smallest absolute Gasteiger partial charge is 0.407 e. The molecule has 7 nitrogen and oxygen atoms in total. The Morgan fingerprint density at radius 3 is 2.64 bits per heavy atom. The number of carbonyl (C=O) groups is 1. The van der Waals surface area contributed by atoms with Crippen LogP contribution in [0, 0.1) is 0 Å². The summed E-state index contributed by atoms with van der Waals surface area (Å²) in [7, 11) is 0. The maximum Gasteiger partial charge on any atom is 0.407 e. The van der Waals surface area contributed by atoms with Gasteiger partial charge in [0.15, 0.2) is 0 Å². The fourth-order valence-corrected chi connectivity index (χ4v) is 2.93. The van der Waals surface area contributed by atoms with Gasteiger partial charge < -0.3 is 10.1 Å². The monoisotopic (exact) mass is 401 g/mol. The summed E-state index contributed by atoms with van der Waals surface area (Å²) >= 11 is 6.06. The van der Waals surface area contributed by atoms with Crippen LogP contribution in [0.1, 0.15) is 26.3 Å². The minimum atomic E-state index is -0.590. The molecular formula is C20H20ClN3O4. The van der Waals surface area contributed by atoms with Crippen molar-refractivity contribution in [1.82, 2.24) is 14.9 Å². The molecule has 0 aliphatic heterocycles. The van der Waals surface area contributed by atoms with E-state index in [1.54, 1.807) is 57.2 Å². The van der Waals surface area contributed by atoms with E-state index in [0.29, 0.717) is 21.6 Å². The quantitative estimate of drug-likeness (QED) is 0.703. The average molecular weight is 402 g/mol. The van der Waals surface area contributed by atoms with Crippen LogP contribution < -0.4 is 16.6 Å². The number of aromatic nitrogens is 2. The van der Waals surface area contributed by atoms with E-state index in [4.69, 9.17) is 16.3 Å². The van der Waals surface area contributed by atoms with Crippen LogP contribution in [-0.2, 0) is 11.3 Å². The zero-order chi connectivity index (χ0) is 20.5. The Morgan fingerprint density at radius 2 is 1.93 bits per heavy atom. The Bertz CT molecular complexity index is 1160. The van der Waals surface area contributed by atoms with Crippen LogP contribution in [-0.4, -0.2) is 21.2 Å². The van der Waals surface area contributed by atoms with Crippen molar-refractivity contribution in [3.63, 3.8) is 0 Å². The number of H-pyrrole nitrogens is 1. The first kappa shape index (κ1) is 19.7. The molecule has 0 atom stereocenters. The summed E-state index contributed by atoms with van der Waals surface area (Å²) in [5, 5.41) is 3.44. The number of rotatable bonds is 3. The fourth-order valence-electron chi connectivity index (χ4n) is 2.76. The fraction of sp³-hybridized carbons (Fsp3) is 0.250. The van der Waals surface area contributed by atoms with Gasteiger partial charge in [0, 0.05) is 11.6 Å². The number of benzene rings is 2. The molecule has 0 aliphatic rings. The molecule has 8 heteroatoms. The Morgan fingerprint density at radius 1 is 1.18 bits per heavy atom. The molecular weight excluding hydrogens is 382 g/mol. The van der Waals surface area contributed by atoms with Crippen LogP contribution in [0.3, 0.4) is 0 Å². The van der Waals surface area contributed by atoms with Crippen molar-refractivity contribution in [2.45, 2.75) is 32.9 Å². The van der Waals surface area contributed by atoms with E-state index < -0.39 is 22.9 Å². The molecule has 0 fully saturated rings. The predicted molar refractivity (Wildman–Crippen MR) is 108 cm³/mol. The molecule has 1 aromatic heterocycles. The van der Waals surface area contributed by atoms with Crippen LogP contribution in [0.4, 0.5) is 4.79 Å². The van der Waals surface area contributed by atoms with Crippen molar-refractivity contribution in [2.75, 3.05) is 0 Å². The van der Waals surface area contributed by atoms with E-state index in [1.165, 1.54) is 4.57 Å². The second-order valence-corrected chi connectivity index (χ2v) is 7.72. The Hall–Kier alpha value is -3.06. The highest BCUT2D eigenvalue weighted by Gasteiger charge is 2.16. The molecule has 2 N–H and O–H groups in total. The number of ether oxygens (including phenoxy) is 1. The van der Waals surface area contributed by atoms with Crippen LogP contribution in [0.15, 0.2) is 52.1 Å². The van der Waals surface area contributed by atoms with Gasteiger partial charge in [-0.2, -0.15) is 0 Å². The molecule has 1 amide bonds. The van der Waals surface area contributed by atoms with Crippen LogP contribution in [0.5, 0.6) is 0 Å². The lowest BCUT2D eigenvalue weighted by atomic mass is 10.1. The Balaban J connectivity index is 1.97. The zero-order valence-corrected chi connectivity index (χ0v) is 16.5. The molecule has 0 spiro atoms. The first-order valence-corrected chi connectivity index (χ1v) is 9.02. The van der Waals surface area contributed by atoms with Gasteiger partial charge in [-0.15, -0.1) is 0 Å². The van der Waals surface area contributed by atoms with Crippen molar-refractivity contribution >= 4 is 28.6 Å². The number of alkyl carbamates (subject to hydrolysis) is 1. The summed E-state index contributed by atoms with van der Waals surface area (Å²) < 4.78 is 6.59. The summed E-state index contributed by atoms with van der Waals surface area (Å²) in [5.74, 6) is 0. The van der Waals surface area contributed by atoms with Gasteiger partial charge in [0.05, 0.1) is 16.6 Å². The second-order valence-electron chi connectivity index (χ2n) is 7.28. The molecule has 3 rings (SSSR count).